The van der Waals surface area contributed by atoms with Crippen molar-refractivity contribution in [2.75, 3.05) is 27.4 Å². The Morgan fingerprint density at radius 3 is 2.05 bits per heavy atom. The van der Waals surface area contributed by atoms with Crippen molar-refractivity contribution in [2.24, 2.45) is 0 Å². The number of aromatic amines is 1. The van der Waals surface area contributed by atoms with Gasteiger partial charge in [-0.3, -0.25) is 14.3 Å². The zero-order chi connectivity index (χ0) is 40.5. The molecule has 13 nitrogen and oxygen atoms in total. The van der Waals surface area contributed by atoms with Crippen LogP contribution in [0, 0.1) is 11.3 Å². The molecule has 5 aromatic rings. The van der Waals surface area contributed by atoms with Gasteiger partial charge in [0.2, 0.25) is 0 Å². The van der Waals surface area contributed by atoms with Crippen LogP contribution in [-0.2, 0) is 24.1 Å². The Morgan fingerprint density at radius 2 is 1.51 bits per heavy atom. The van der Waals surface area contributed by atoms with Crippen molar-refractivity contribution in [2.45, 2.75) is 76.7 Å². The summed E-state index contributed by atoms with van der Waals surface area (Å²) in [6, 6.07) is 30.9. The number of H-pyrrole nitrogens is 1. The molecule has 3 aromatic carbocycles. The Morgan fingerprint density at radius 1 is 0.895 bits per heavy atom. The molecular formula is C43H49N4O9P. The lowest BCUT2D eigenvalue weighted by molar-refractivity contribution is -0.0925. The van der Waals surface area contributed by atoms with E-state index in [2.05, 4.69) is 43.4 Å². The minimum Gasteiger partial charge on any atom is -0.497 e. The van der Waals surface area contributed by atoms with Gasteiger partial charge in [-0.2, -0.15) is 5.26 Å². The summed E-state index contributed by atoms with van der Waals surface area (Å²) in [5.74, 6) is 1.69. The monoisotopic (exact) mass is 796 g/mol. The van der Waals surface area contributed by atoms with Crippen molar-refractivity contribution in [1.82, 2.24) is 14.2 Å². The van der Waals surface area contributed by atoms with Gasteiger partial charge in [0.05, 0.1) is 57.9 Å². The summed E-state index contributed by atoms with van der Waals surface area (Å²) in [5.41, 5.74) is 0.314. The number of nitrogens with one attached hydrogen (secondary N) is 1. The number of hydrogen-bond acceptors (Lipinski definition) is 11. The second-order valence-corrected chi connectivity index (χ2v) is 15.5. The van der Waals surface area contributed by atoms with Gasteiger partial charge in [0.25, 0.3) is 14.1 Å². The Hall–Kier alpha value is -5.06. The molecule has 57 heavy (non-hydrogen) atoms. The molecular weight excluding hydrogens is 747 g/mol. The molecule has 6 rings (SSSR count). The highest BCUT2D eigenvalue weighted by atomic mass is 31.2. The highest BCUT2D eigenvalue weighted by molar-refractivity contribution is 7.44. The Labute approximate surface area is 333 Å². The van der Waals surface area contributed by atoms with E-state index in [1.165, 1.54) is 17.0 Å². The molecule has 2 aromatic heterocycles. The van der Waals surface area contributed by atoms with Crippen LogP contribution in [0.3, 0.4) is 0 Å². The summed E-state index contributed by atoms with van der Waals surface area (Å²) >= 11 is 0. The van der Waals surface area contributed by atoms with Crippen molar-refractivity contribution in [3.8, 4) is 28.9 Å². The Balaban J connectivity index is 1.45. The molecule has 0 spiro atoms. The highest BCUT2D eigenvalue weighted by Gasteiger charge is 2.45. The first kappa shape index (κ1) is 41.6. The van der Waals surface area contributed by atoms with Crippen LogP contribution < -0.4 is 20.7 Å². The molecule has 0 radical (unpaired) electrons. The van der Waals surface area contributed by atoms with Gasteiger partial charge < -0.3 is 32.4 Å². The largest absolute Gasteiger partial charge is 0.497 e. The van der Waals surface area contributed by atoms with E-state index in [0.717, 1.165) is 16.7 Å². The third-order valence-corrected chi connectivity index (χ3v) is 11.9. The van der Waals surface area contributed by atoms with Crippen LogP contribution in [0.4, 0.5) is 0 Å². The zero-order valence-electron chi connectivity index (χ0n) is 33.0. The molecule has 0 saturated carbocycles. The summed E-state index contributed by atoms with van der Waals surface area (Å²) in [6.45, 7) is 8.43. The average molecular weight is 797 g/mol. The van der Waals surface area contributed by atoms with Crippen molar-refractivity contribution >= 4 is 8.53 Å². The van der Waals surface area contributed by atoms with Crippen molar-refractivity contribution in [1.29, 1.82) is 5.26 Å². The molecule has 14 heteroatoms. The molecule has 1 aliphatic rings. The standard InChI is InChI=1S/C43H49N4O9P/c1-29(2)47(30(3)4)57(54-25-11-23-44)56-38-26-40(46-27-36(37-14-10-24-52-37)41(48)45-42(46)49)55-39(38)28-53-43(31-12-8-7-9-13-31,32-15-19-34(50-5)20-16-32)33-17-21-35(51-6)22-18-33/h7-10,12-22,24,27,29-30,38-40H,11,25-26,28H2,1-6H3,(H,45,48,49)/t38-,39+,40+,57?/m0/s1. The Bertz CT molecular complexity index is 2130. The number of furan rings is 1. The molecule has 1 N–H and O–H groups in total. The van der Waals surface area contributed by atoms with Crippen LogP contribution in [0.15, 0.2) is 117 Å². The molecule has 0 aliphatic carbocycles. The number of nitriles is 1. The lowest BCUT2D eigenvalue weighted by Crippen LogP contribution is -2.39. The van der Waals surface area contributed by atoms with Crippen LogP contribution in [-0.4, -0.2) is 65.9 Å². The predicted octanol–water partition coefficient (Wildman–Crippen LogP) is 7.77. The van der Waals surface area contributed by atoms with E-state index in [-0.39, 0.29) is 43.7 Å². The molecule has 1 aliphatic heterocycles. The number of methoxy groups -OCH3 is 2. The van der Waals surface area contributed by atoms with Gasteiger partial charge in [0, 0.05) is 24.7 Å². The fourth-order valence-corrected chi connectivity index (χ4v) is 8.89. The molecule has 1 unspecified atom stereocenters. The van der Waals surface area contributed by atoms with E-state index >= 15 is 0 Å². The fourth-order valence-electron chi connectivity index (χ4n) is 7.13. The maximum Gasteiger partial charge on any atom is 0.330 e. The maximum absolute atomic E-state index is 13.5. The van der Waals surface area contributed by atoms with Gasteiger partial charge in [-0.1, -0.05) is 54.6 Å². The minimum absolute atomic E-state index is 0.00197. The molecule has 4 atom stereocenters. The second-order valence-electron chi connectivity index (χ2n) is 14.1. The number of aromatic nitrogens is 2. The van der Waals surface area contributed by atoms with Gasteiger partial charge in [-0.25, -0.2) is 9.46 Å². The molecule has 0 amide bonds. The Kier molecular flexibility index (Phi) is 13.8. The van der Waals surface area contributed by atoms with Gasteiger partial charge in [0.15, 0.2) is 0 Å². The second kappa shape index (κ2) is 18.9. The topological polar surface area (TPSA) is 150 Å². The van der Waals surface area contributed by atoms with Crippen LogP contribution in [0.25, 0.3) is 11.3 Å². The number of benzene rings is 3. The lowest BCUT2D eigenvalue weighted by Gasteiger charge is -2.39. The summed E-state index contributed by atoms with van der Waals surface area (Å²) in [5, 5.41) is 9.35. The van der Waals surface area contributed by atoms with Gasteiger partial charge in [0.1, 0.15) is 35.2 Å². The van der Waals surface area contributed by atoms with Gasteiger partial charge in [-0.15, -0.1) is 0 Å². The summed E-state index contributed by atoms with van der Waals surface area (Å²) < 4.78 is 47.3. The van der Waals surface area contributed by atoms with Crippen LogP contribution >= 0.6 is 8.53 Å². The van der Waals surface area contributed by atoms with E-state index in [1.807, 2.05) is 78.9 Å². The van der Waals surface area contributed by atoms with Crippen LogP contribution in [0.1, 0.15) is 63.5 Å². The first-order chi connectivity index (χ1) is 27.6. The van der Waals surface area contributed by atoms with E-state index in [4.69, 9.17) is 32.4 Å². The zero-order valence-corrected chi connectivity index (χ0v) is 33.9. The minimum atomic E-state index is -1.71. The first-order valence-electron chi connectivity index (χ1n) is 18.9. The first-order valence-corrected chi connectivity index (χ1v) is 20.0. The van der Waals surface area contributed by atoms with Crippen molar-refractivity contribution < 1.29 is 32.4 Å². The van der Waals surface area contributed by atoms with E-state index < -0.39 is 43.8 Å². The third kappa shape index (κ3) is 9.24. The van der Waals surface area contributed by atoms with Crippen LogP contribution in [0.5, 0.6) is 11.5 Å². The van der Waals surface area contributed by atoms with Crippen molar-refractivity contribution in [3.05, 3.63) is 141 Å². The maximum atomic E-state index is 13.5. The molecule has 300 valence electrons. The molecule has 3 heterocycles. The van der Waals surface area contributed by atoms with Gasteiger partial charge >= 0.3 is 5.69 Å². The smallest absolute Gasteiger partial charge is 0.330 e. The molecule has 0 bridgehead atoms. The number of nitrogens with zero attached hydrogens (tertiary/aromatic N) is 3. The van der Waals surface area contributed by atoms with E-state index in [0.29, 0.717) is 17.3 Å². The van der Waals surface area contributed by atoms with E-state index in [1.54, 1.807) is 26.4 Å². The lowest BCUT2D eigenvalue weighted by atomic mass is 9.80. The van der Waals surface area contributed by atoms with Crippen LogP contribution in [0.2, 0.25) is 0 Å². The highest BCUT2D eigenvalue weighted by Crippen LogP contribution is 2.50. The predicted molar refractivity (Wildman–Crippen MR) is 216 cm³/mol. The molecule has 1 saturated heterocycles. The number of hydrogen-bond donors (Lipinski definition) is 1. The molecule has 1 fully saturated rings. The fraction of sp³-hybridized carbons (Fsp3) is 0.372. The summed E-state index contributed by atoms with van der Waals surface area (Å²) in [4.78, 5) is 28.8. The number of rotatable bonds is 18. The summed E-state index contributed by atoms with van der Waals surface area (Å²) in [6.07, 6.45) is 1.05. The average Bonchev–Trinajstić information content (AvgIpc) is 3.90. The van der Waals surface area contributed by atoms with Gasteiger partial charge in [-0.05, 0) is 80.8 Å². The quantitative estimate of drug-likeness (QED) is 0.0526. The summed E-state index contributed by atoms with van der Waals surface area (Å²) in [7, 11) is 1.53. The van der Waals surface area contributed by atoms with Crippen molar-refractivity contribution in [3.63, 3.8) is 0 Å². The third-order valence-electron chi connectivity index (χ3n) is 9.77. The normalized spacial score (nSPS) is 17.6. The SMILES string of the molecule is COc1ccc(C(OC[C@H]2O[C@@H](n3cc(-c4ccco4)c(=O)[nH]c3=O)C[C@@H]2OP(OCCC#N)N(C(C)C)C(C)C)(c2ccccc2)c2ccc(OC)cc2)cc1. The van der Waals surface area contributed by atoms with E-state index in [9.17, 15) is 14.9 Å². The number of ether oxygens (including phenoxy) is 4.